The summed E-state index contributed by atoms with van der Waals surface area (Å²) in [7, 11) is 0. The van der Waals surface area contributed by atoms with Crippen molar-refractivity contribution in [2.75, 3.05) is 13.2 Å². The van der Waals surface area contributed by atoms with Crippen LogP contribution in [-0.4, -0.2) is 24.3 Å². The molecule has 4 nitrogen and oxygen atoms in total. The van der Waals surface area contributed by atoms with E-state index in [9.17, 15) is 4.79 Å². The second-order valence-corrected chi connectivity index (χ2v) is 5.14. The van der Waals surface area contributed by atoms with Crippen molar-refractivity contribution in [3.63, 3.8) is 0 Å². The van der Waals surface area contributed by atoms with Crippen LogP contribution < -0.4 is 9.47 Å². The van der Waals surface area contributed by atoms with Crippen molar-refractivity contribution in [3.8, 4) is 11.5 Å². The molecular formula is C14H16O4. The largest absolute Gasteiger partial charge is 0.486 e. The van der Waals surface area contributed by atoms with E-state index in [1.807, 2.05) is 19.1 Å². The molecule has 0 spiro atoms. The molecule has 4 heteroatoms. The van der Waals surface area contributed by atoms with Gasteiger partial charge in [0.25, 0.3) is 0 Å². The number of benzene rings is 1. The standard InChI is InChI=1S/C14H16O4/c1-9-2-3-10(13-12(9)17-6-7-18-13)14(4-5-14)8-11(15)16/h2-3H,4-8H2,1H3,(H,15,16). The molecule has 0 aromatic heterocycles. The van der Waals surface area contributed by atoms with Crippen LogP contribution in [-0.2, 0) is 10.2 Å². The first-order valence-electron chi connectivity index (χ1n) is 6.24. The smallest absolute Gasteiger partial charge is 0.304 e. The number of carboxylic acids is 1. The zero-order valence-electron chi connectivity index (χ0n) is 10.4. The molecule has 1 aromatic carbocycles. The lowest BCUT2D eigenvalue weighted by Crippen LogP contribution is -2.21. The van der Waals surface area contributed by atoms with E-state index in [0.717, 1.165) is 35.5 Å². The minimum Gasteiger partial charge on any atom is -0.486 e. The monoisotopic (exact) mass is 248 g/mol. The quantitative estimate of drug-likeness (QED) is 0.891. The topological polar surface area (TPSA) is 55.8 Å². The van der Waals surface area contributed by atoms with Crippen molar-refractivity contribution in [1.29, 1.82) is 0 Å². The summed E-state index contributed by atoms with van der Waals surface area (Å²) in [5.41, 5.74) is 1.81. The molecule has 0 atom stereocenters. The molecule has 0 unspecified atom stereocenters. The average molecular weight is 248 g/mol. The van der Waals surface area contributed by atoms with E-state index in [2.05, 4.69) is 0 Å². The molecule has 96 valence electrons. The van der Waals surface area contributed by atoms with Gasteiger partial charge in [0.05, 0.1) is 6.42 Å². The van der Waals surface area contributed by atoms with Crippen molar-refractivity contribution in [1.82, 2.24) is 0 Å². The second kappa shape index (κ2) is 3.90. The van der Waals surface area contributed by atoms with Crippen molar-refractivity contribution in [2.24, 2.45) is 0 Å². The molecular weight excluding hydrogens is 232 g/mol. The molecule has 1 saturated carbocycles. The predicted molar refractivity (Wildman–Crippen MR) is 65.3 cm³/mol. The minimum atomic E-state index is -0.751. The lowest BCUT2D eigenvalue weighted by Gasteiger charge is -2.25. The van der Waals surface area contributed by atoms with Crippen molar-refractivity contribution >= 4 is 5.97 Å². The van der Waals surface area contributed by atoms with E-state index in [1.54, 1.807) is 0 Å². The van der Waals surface area contributed by atoms with Crippen LogP contribution in [0.4, 0.5) is 0 Å². The van der Waals surface area contributed by atoms with Gasteiger partial charge in [-0.25, -0.2) is 0 Å². The highest BCUT2D eigenvalue weighted by Crippen LogP contribution is 2.56. The van der Waals surface area contributed by atoms with Crippen LogP contribution in [0.15, 0.2) is 12.1 Å². The predicted octanol–water partition coefficient (Wildman–Crippen LogP) is 2.27. The normalized spacial score (nSPS) is 19.4. The number of carboxylic acid groups (broad SMARTS) is 1. The Morgan fingerprint density at radius 2 is 1.94 bits per heavy atom. The Bertz CT molecular complexity index is 503. The van der Waals surface area contributed by atoms with Gasteiger partial charge >= 0.3 is 5.97 Å². The molecule has 1 N–H and O–H groups in total. The minimum absolute atomic E-state index is 0.172. The van der Waals surface area contributed by atoms with Gasteiger partial charge in [0.15, 0.2) is 11.5 Å². The molecule has 0 bridgehead atoms. The number of ether oxygens (including phenoxy) is 2. The van der Waals surface area contributed by atoms with Crippen LogP contribution in [0.2, 0.25) is 0 Å². The molecule has 1 aromatic rings. The highest BCUT2D eigenvalue weighted by molar-refractivity contribution is 5.71. The maximum atomic E-state index is 11.0. The van der Waals surface area contributed by atoms with Gasteiger partial charge in [-0.3, -0.25) is 4.79 Å². The molecule has 0 amide bonds. The van der Waals surface area contributed by atoms with E-state index in [0.29, 0.717) is 13.2 Å². The number of aryl methyl sites for hydroxylation is 1. The summed E-state index contributed by atoms with van der Waals surface area (Å²) in [6.45, 7) is 3.07. The summed E-state index contributed by atoms with van der Waals surface area (Å²) in [5.74, 6) is 0.800. The zero-order chi connectivity index (χ0) is 12.8. The Balaban J connectivity index is 2.05. The van der Waals surface area contributed by atoms with Gasteiger partial charge in [0.1, 0.15) is 13.2 Å². The first-order valence-corrected chi connectivity index (χ1v) is 6.24. The number of hydrogen-bond donors (Lipinski definition) is 1. The molecule has 1 fully saturated rings. The number of aliphatic carboxylic acids is 1. The van der Waals surface area contributed by atoms with Gasteiger partial charge in [-0.05, 0) is 25.3 Å². The van der Waals surface area contributed by atoms with Crippen molar-refractivity contribution in [2.45, 2.75) is 31.6 Å². The van der Waals surface area contributed by atoms with E-state index in [4.69, 9.17) is 14.6 Å². The maximum absolute atomic E-state index is 11.0. The molecule has 3 rings (SSSR count). The fourth-order valence-corrected chi connectivity index (χ4v) is 2.67. The number of hydrogen-bond acceptors (Lipinski definition) is 3. The zero-order valence-corrected chi connectivity index (χ0v) is 10.4. The number of rotatable bonds is 3. The molecule has 1 aliphatic carbocycles. The van der Waals surface area contributed by atoms with Crippen LogP contribution in [0.1, 0.15) is 30.4 Å². The SMILES string of the molecule is Cc1ccc(C2(CC(=O)O)CC2)c2c1OCCO2. The van der Waals surface area contributed by atoms with Crippen LogP contribution in [0, 0.1) is 6.92 Å². The molecule has 2 aliphatic rings. The molecule has 18 heavy (non-hydrogen) atoms. The Morgan fingerprint density at radius 1 is 1.28 bits per heavy atom. The van der Waals surface area contributed by atoms with E-state index < -0.39 is 5.97 Å². The molecule has 0 saturated heterocycles. The Kier molecular flexibility index (Phi) is 2.47. The van der Waals surface area contributed by atoms with Crippen LogP contribution in [0.3, 0.4) is 0 Å². The summed E-state index contributed by atoms with van der Waals surface area (Å²) in [4.78, 5) is 11.0. The highest BCUT2D eigenvalue weighted by atomic mass is 16.6. The number of fused-ring (bicyclic) bond motifs is 1. The Labute approximate surface area is 106 Å². The summed E-state index contributed by atoms with van der Waals surface area (Å²) in [6.07, 6.45) is 2.00. The fraction of sp³-hybridized carbons (Fsp3) is 0.500. The maximum Gasteiger partial charge on any atom is 0.304 e. The van der Waals surface area contributed by atoms with E-state index >= 15 is 0 Å². The summed E-state index contributed by atoms with van der Waals surface area (Å²) < 4.78 is 11.4. The second-order valence-electron chi connectivity index (χ2n) is 5.14. The lowest BCUT2D eigenvalue weighted by molar-refractivity contribution is -0.137. The van der Waals surface area contributed by atoms with Crippen LogP contribution in [0.25, 0.3) is 0 Å². The van der Waals surface area contributed by atoms with Crippen molar-refractivity contribution in [3.05, 3.63) is 23.3 Å². The summed E-state index contributed by atoms with van der Waals surface area (Å²) in [6, 6.07) is 3.99. The summed E-state index contributed by atoms with van der Waals surface area (Å²) in [5, 5.41) is 9.04. The van der Waals surface area contributed by atoms with Crippen LogP contribution >= 0.6 is 0 Å². The Hall–Kier alpha value is -1.71. The average Bonchev–Trinajstić information content (AvgIpc) is 3.09. The number of carbonyl (C=O) groups is 1. The molecule has 1 heterocycles. The third kappa shape index (κ3) is 1.72. The van der Waals surface area contributed by atoms with Gasteiger partial charge < -0.3 is 14.6 Å². The third-order valence-electron chi connectivity index (χ3n) is 3.80. The van der Waals surface area contributed by atoms with Gasteiger partial charge in [-0.1, -0.05) is 12.1 Å². The van der Waals surface area contributed by atoms with Gasteiger partial charge in [-0.15, -0.1) is 0 Å². The Morgan fingerprint density at radius 3 is 2.56 bits per heavy atom. The van der Waals surface area contributed by atoms with E-state index in [-0.39, 0.29) is 11.8 Å². The van der Waals surface area contributed by atoms with Gasteiger partial charge in [0, 0.05) is 11.0 Å². The van der Waals surface area contributed by atoms with E-state index in [1.165, 1.54) is 0 Å². The van der Waals surface area contributed by atoms with Gasteiger partial charge in [-0.2, -0.15) is 0 Å². The first-order chi connectivity index (χ1) is 8.62. The molecule has 1 aliphatic heterocycles. The fourth-order valence-electron chi connectivity index (χ4n) is 2.67. The van der Waals surface area contributed by atoms with Crippen LogP contribution in [0.5, 0.6) is 11.5 Å². The highest BCUT2D eigenvalue weighted by Gasteiger charge is 2.48. The third-order valence-corrected chi connectivity index (χ3v) is 3.80. The van der Waals surface area contributed by atoms with Crippen molar-refractivity contribution < 1.29 is 19.4 Å². The summed E-state index contributed by atoms with van der Waals surface area (Å²) >= 11 is 0. The van der Waals surface area contributed by atoms with Gasteiger partial charge in [0.2, 0.25) is 0 Å². The molecule has 0 radical (unpaired) electrons. The lowest BCUT2D eigenvalue weighted by atomic mass is 9.90. The first kappa shape index (κ1) is 11.4.